The van der Waals surface area contributed by atoms with E-state index in [4.69, 9.17) is 10.00 Å². The molecule has 1 N–H and O–H groups in total. The molecule has 0 saturated carbocycles. The van der Waals surface area contributed by atoms with Crippen molar-refractivity contribution in [2.45, 2.75) is 26.0 Å². The standard InChI is InChI=1S/C13H14F2N2O3/c1-13(2,7-16)17-11(18)8-4-5-9(19-3)10(6-8)20-12(14)15/h4-6,12H,1-3H3,(H,17,18). The fourth-order valence-electron chi connectivity index (χ4n) is 1.39. The fourth-order valence-corrected chi connectivity index (χ4v) is 1.39. The van der Waals surface area contributed by atoms with Gasteiger partial charge in [-0.25, -0.2) is 0 Å². The number of amides is 1. The van der Waals surface area contributed by atoms with Gasteiger partial charge in [-0.1, -0.05) is 0 Å². The zero-order valence-electron chi connectivity index (χ0n) is 11.2. The van der Waals surface area contributed by atoms with Crippen LogP contribution in [0, 0.1) is 11.3 Å². The maximum atomic E-state index is 12.3. The van der Waals surface area contributed by atoms with Crippen molar-refractivity contribution in [1.29, 1.82) is 5.26 Å². The van der Waals surface area contributed by atoms with Crippen LogP contribution in [0.1, 0.15) is 24.2 Å². The summed E-state index contributed by atoms with van der Waals surface area (Å²) in [6.07, 6.45) is 0. The minimum Gasteiger partial charge on any atom is -0.493 e. The lowest BCUT2D eigenvalue weighted by Crippen LogP contribution is -2.42. The number of benzene rings is 1. The van der Waals surface area contributed by atoms with Gasteiger partial charge in [0.05, 0.1) is 13.2 Å². The number of nitriles is 1. The third-order valence-corrected chi connectivity index (χ3v) is 2.35. The number of carbonyl (C=O) groups excluding carboxylic acids is 1. The second-order valence-corrected chi connectivity index (χ2v) is 4.44. The van der Waals surface area contributed by atoms with Crippen LogP contribution in [0.2, 0.25) is 0 Å². The van der Waals surface area contributed by atoms with Gasteiger partial charge in [-0.2, -0.15) is 14.0 Å². The highest BCUT2D eigenvalue weighted by atomic mass is 19.3. The first-order chi connectivity index (χ1) is 9.29. The number of nitrogens with zero attached hydrogens (tertiary/aromatic N) is 1. The summed E-state index contributed by atoms with van der Waals surface area (Å²) in [6, 6.07) is 5.76. The van der Waals surface area contributed by atoms with Gasteiger partial charge in [0.1, 0.15) is 5.54 Å². The quantitative estimate of drug-likeness (QED) is 0.900. The summed E-state index contributed by atoms with van der Waals surface area (Å²) >= 11 is 0. The maximum Gasteiger partial charge on any atom is 0.387 e. The average molecular weight is 284 g/mol. The average Bonchev–Trinajstić information content (AvgIpc) is 2.37. The zero-order chi connectivity index (χ0) is 15.3. The number of hydrogen-bond acceptors (Lipinski definition) is 4. The molecule has 0 fully saturated rings. The van der Waals surface area contributed by atoms with Gasteiger partial charge in [0, 0.05) is 5.56 Å². The van der Waals surface area contributed by atoms with Crippen molar-refractivity contribution in [3.05, 3.63) is 23.8 Å². The summed E-state index contributed by atoms with van der Waals surface area (Å²) in [5.41, 5.74) is -0.981. The molecule has 1 aromatic carbocycles. The molecule has 1 amide bonds. The molecular weight excluding hydrogens is 270 g/mol. The summed E-state index contributed by atoms with van der Waals surface area (Å²) in [5, 5.41) is 11.3. The van der Waals surface area contributed by atoms with Crippen LogP contribution >= 0.6 is 0 Å². The summed E-state index contributed by atoms with van der Waals surface area (Å²) in [7, 11) is 1.30. The van der Waals surface area contributed by atoms with E-state index in [9.17, 15) is 13.6 Å². The molecule has 0 unspecified atom stereocenters. The Morgan fingerprint density at radius 1 is 1.40 bits per heavy atom. The van der Waals surface area contributed by atoms with Crippen LogP contribution in [-0.4, -0.2) is 25.2 Å². The van der Waals surface area contributed by atoms with Crippen molar-refractivity contribution in [3.63, 3.8) is 0 Å². The van der Waals surface area contributed by atoms with Gasteiger partial charge >= 0.3 is 6.61 Å². The number of halogens is 2. The number of methoxy groups -OCH3 is 1. The van der Waals surface area contributed by atoms with E-state index in [2.05, 4.69) is 10.1 Å². The Morgan fingerprint density at radius 3 is 2.55 bits per heavy atom. The van der Waals surface area contributed by atoms with Gasteiger partial charge in [-0.05, 0) is 32.0 Å². The number of alkyl halides is 2. The lowest BCUT2D eigenvalue weighted by molar-refractivity contribution is -0.0512. The molecule has 5 nitrogen and oxygen atoms in total. The van der Waals surface area contributed by atoms with E-state index in [0.29, 0.717) is 0 Å². The van der Waals surface area contributed by atoms with Crippen LogP contribution in [0.3, 0.4) is 0 Å². The molecule has 0 aromatic heterocycles. The van der Waals surface area contributed by atoms with E-state index in [1.165, 1.54) is 33.1 Å². The highest BCUT2D eigenvalue weighted by Gasteiger charge is 2.21. The number of ether oxygens (including phenoxy) is 2. The molecule has 0 radical (unpaired) electrons. The molecule has 0 atom stereocenters. The summed E-state index contributed by atoms with van der Waals surface area (Å²) in [6.45, 7) is 0.00783. The second-order valence-electron chi connectivity index (χ2n) is 4.44. The van der Waals surface area contributed by atoms with Crippen molar-refractivity contribution in [2.24, 2.45) is 0 Å². The topological polar surface area (TPSA) is 71.3 Å². The largest absolute Gasteiger partial charge is 0.493 e. The normalized spacial score (nSPS) is 10.8. The van der Waals surface area contributed by atoms with E-state index < -0.39 is 18.1 Å². The van der Waals surface area contributed by atoms with Gasteiger partial charge < -0.3 is 14.8 Å². The first kappa shape index (κ1) is 15.7. The molecule has 0 heterocycles. The van der Waals surface area contributed by atoms with Crippen molar-refractivity contribution >= 4 is 5.91 Å². The monoisotopic (exact) mass is 284 g/mol. The Hall–Kier alpha value is -2.36. The van der Waals surface area contributed by atoms with Crippen molar-refractivity contribution in [2.75, 3.05) is 7.11 Å². The maximum absolute atomic E-state index is 12.3. The Kier molecular flexibility index (Phi) is 4.86. The fraction of sp³-hybridized carbons (Fsp3) is 0.385. The van der Waals surface area contributed by atoms with Crippen LogP contribution in [0.15, 0.2) is 18.2 Å². The molecule has 20 heavy (non-hydrogen) atoms. The van der Waals surface area contributed by atoms with Crippen molar-refractivity contribution in [3.8, 4) is 17.6 Å². The van der Waals surface area contributed by atoms with E-state index in [1.54, 1.807) is 0 Å². The van der Waals surface area contributed by atoms with E-state index in [1.807, 2.05) is 6.07 Å². The van der Waals surface area contributed by atoms with Crippen LogP contribution < -0.4 is 14.8 Å². The Bertz CT molecular complexity index is 539. The molecule has 1 aromatic rings. The van der Waals surface area contributed by atoms with Gasteiger partial charge in [0.2, 0.25) is 0 Å². The molecule has 0 bridgehead atoms. The third-order valence-electron chi connectivity index (χ3n) is 2.35. The zero-order valence-corrected chi connectivity index (χ0v) is 11.2. The van der Waals surface area contributed by atoms with Crippen LogP contribution in [0.4, 0.5) is 8.78 Å². The van der Waals surface area contributed by atoms with E-state index in [-0.39, 0.29) is 17.1 Å². The van der Waals surface area contributed by atoms with E-state index in [0.717, 1.165) is 6.07 Å². The highest BCUT2D eigenvalue weighted by Crippen LogP contribution is 2.29. The molecule has 108 valence electrons. The number of carbonyl (C=O) groups is 1. The van der Waals surface area contributed by atoms with Crippen LogP contribution in [0.5, 0.6) is 11.5 Å². The van der Waals surface area contributed by atoms with Crippen LogP contribution in [0.25, 0.3) is 0 Å². The van der Waals surface area contributed by atoms with E-state index >= 15 is 0 Å². The first-order valence-corrected chi connectivity index (χ1v) is 5.65. The first-order valence-electron chi connectivity index (χ1n) is 5.65. The number of hydrogen-bond donors (Lipinski definition) is 1. The van der Waals surface area contributed by atoms with Crippen molar-refractivity contribution < 1.29 is 23.0 Å². The van der Waals surface area contributed by atoms with Gasteiger partial charge in [-0.3, -0.25) is 4.79 Å². The molecule has 1 rings (SSSR count). The predicted molar refractivity (Wildman–Crippen MR) is 66.8 cm³/mol. The number of rotatable bonds is 5. The van der Waals surface area contributed by atoms with Gasteiger partial charge in [0.15, 0.2) is 11.5 Å². The summed E-state index contributed by atoms with van der Waals surface area (Å²) in [5.74, 6) is -0.732. The van der Waals surface area contributed by atoms with Crippen LogP contribution in [-0.2, 0) is 0 Å². The third kappa shape index (κ3) is 4.09. The van der Waals surface area contributed by atoms with Gasteiger partial charge in [-0.15, -0.1) is 0 Å². The summed E-state index contributed by atoms with van der Waals surface area (Å²) in [4.78, 5) is 11.9. The smallest absolute Gasteiger partial charge is 0.387 e. The van der Waals surface area contributed by atoms with Crippen molar-refractivity contribution in [1.82, 2.24) is 5.32 Å². The Labute approximate surface area is 115 Å². The Morgan fingerprint density at radius 2 is 2.05 bits per heavy atom. The minimum absolute atomic E-state index is 0.0846. The summed E-state index contributed by atoms with van der Waals surface area (Å²) < 4.78 is 33.7. The molecule has 0 aliphatic heterocycles. The van der Waals surface area contributed by atoms with Gasteiger partial charge in [0.25, 0.3) is 5.91 Å². The second kappa shape index (κ2) is 6.19. The molecule has 0 aliphatic rings. The minimum atomic E-state index is -3.03. The molecule has 0 spiro atoms. The SMILES string of the molecule is COc1ccc(C(=O)NC(C)(C)C#N)cc1OC(F)F. The highest BCUT2D eigenvalue weighted by molar-refractivity contribution is 5.95. The Balaban J connectivity index is 3.03. The number of nitrogens with one attached hydrogen (secondary N) is 1. The molecule has 0 aliphatic carbocycles. The molecule has 0 saturated heterocycles. The predicted octanol–water partition coefficient (Wildman–Crippen LogP) is 2.33. The molecular formula is C13H14F2N2O3. The lowest BCUT2D eigenvalue weighted by atomic mass is 10.1. The lowest BCUT2D eigenvalue weighted by Gasteiger charge is -2.18. The molecule has 7 heteroatoms.